The highest BCUT2D eigenvalue weighted by atomic mass is 32.1. The van der Waals surface area contributed by atoms with Gasteiger partial charge in [0, 0.05) is 24.7 Å². The van der Waals surface area contributed by atoms with Gasteiger partial charge in [0.1, 0.15) is 24.0 Å². The number of pyridine rings is 2. The molecule has 0 fully saturated rings. The molecule has 1 atom stereocenters. The molecule has 0 amide bonds. The molecule has 8 heteroatoms. The zero-order valence-corrected chi connectivity index (χ0v) is 22.2. The minimum Gasteiger partial charge on any atom is -0.463 e. The number of ether oxygens (including phenoxy) is 1. The van der Waals surface area contributed by atoms with Crippen molar-refractivity contribution >= 4 is 35.2 Å². The molecule has 7 nitrogen and oxygen atoms in total. The third-order valence-corrected chi connectivity index (χ3v) is 6.56. The van der Waals surface area contributed by atoms with E-state index in [1.54, 1.807) is 24.5 Å². The van der Waals surface area contributed by atoms with Crippen molar-refractivity contribution in [3.8, 4) is 10.6 Å². The summed E-state index contributed by atoms with van der Waals surface area (Å²) in [4.78, 5) is 35.9. The number of anilines is 2. The molecule has 37 heavy (non-hydrogen) atoms. The molecule has 3 aromatic heterocycles. The Hall–Kier alpha value is -3.91. The zero-order valence-electron chi connectivity index (χ0n) is 21.4. The summed E-state index contributed by atoms with van der Waals surface area (Å²) in [7, 11) is 0. The van der Waals surface area contributed by atoms with E-state index in [4.69, 9.17) is 4.98 Å². The summed E-state index contributed by atoms with van der Waals surface area (Å²) < 4.78 is 4.54. The summed E-state index contributed by atoms with van der Waals surface area (Å²) in [6.45, 7) is 6.63. The van der Waals surface area contributed by atoms with E-state index in [2.05, 4.69) is 26.9 Å². The predicted octanol–water partition coefficient (Wildman–Crippen LogP) is 6.87. The molecular weight excluding hydrogens is 484 g/mol. The van der Waals surface area contributed by atoms with Gasteiger partial charge in [0.15, 0.2) is 0 Å². The van der Waals surface area contributed by atoms with Crippen LogP contribution in [-0.4, -0.2) is 27.2 Å². The van der Waals surface area contributed by atoms with Crippen molar-refractivity contribution in [1.29, 1.82) is 0 Å². The van der Waals surface area contributed by atoms with Crippen molar-refractivity contribution in [1.82, 2.24) is 15.0 Å². The predicted molar refractivity (Wildman–Crippen MR) is 148 cm³/mol. The smallest absolute Gasteiger partial charge is 0.293 e. The number of thiazole rings is 1. The van der Waals surface area contributed by atoms with Gasteiger partial charge in [0.05, 0.1) is 15.6 Å². The second-order valence-corrected chi connectivity index (χ2v) is 9.66. The molecule has 0 aliphatic rings. The maximum Gasteiger partial charge on any atom is 0.293 e. The highest BCUT2D eigenvalue weighted by molar-refractivity contribution is 7.15. The van der Waals surface area contributed by atoms with Crippen LogP contribution in [-0.2, 0) is 20.9 Å². The fourth-order valence-corrected chi connectivity index (χ4v) is 4.71. The number of Topliss-reactive ketones (excluding diaryl/α,β-unsaturated/α-hetero) is 1. The lowest BCUT2D eigenvalue weighted by atomic mass is 9.99. The van der Waals surface area contributed by atoms with Gasteiger partial charge >= 0.3 is 0 Å². The first-order valence-electron chi connectivity index (χ1n) is 12.2. The van der Waals surface area contributed by atoms with Crippen molar-refractivity contribution in [3.05, 3.63) is 89.2 Å². The molecule has 0 spiro atoms. The number of carbonyl (C=O) groups is 2. The Kier molecular flexibility index (Phi) is 10.9. The molecule has 0 radical (unpaired) electrons. The van der Waals surface area contributed by atoms with Gasteiger partial charge in [0.25, 0.3) is 6.47 Å². The number of aryl methyl sites for hydroxylation is 1. The first-order valence-corrected chi connectivity index (χ1v) is 13.0. The van der Waals surface area contributed by atoms with Crippen LogP contribution in [0.4, 0.5) is 11.6 Å². The highest BCUT2D eigenvalue weighted by Crippen LogP contribution is 2.33. The van der Waals surface area contributed by atoms with Crippen molar-refractivity contribution in [2.45, 2.75) is 52.6 Å². The van der Waals surface area contributed by atoms with E-state index in [9.17, 15) is 9.59 Å². The molecule has 0 saturated heterocycles. The van der Waals surface area contributed by atoms with Crippen LogP contribution < -0.4 is 5.32 Å². The van der Waals surface area contributed by atoms with Gasteiger partial charge in [-0.15, -0.1) is 11.3 Å². The van der Waals surface area contributed by atoms with Crippen molar-refractivity contribution in [2.75, 3.05) is 5.32 Å². The zero-order chi connectivity index (χ0) is 26.5. The number of rotatable bonds is 11. The quantitative estimate of drug-likeness (QED) is 0.217. The summed E-state index contributed by atoms with van der Waals surface area (Å²) in [5.74, 6) is 1.92. The van der Waals surface area contributed by atoms with Crippen molar-refractivity contribution in [3.63, 3.8) is 0 Å². The molecule has 1 N–H and O–H groups in total. The van der Waals surface area contributed by atoms with E-state index >= 15 is 0 Å². The van der Waals surface area contributed by atoms with Crippen LogP contribution in [0.15, 0.2) is 73.1 Å². The molecule has 0 saturated carbocycles. The maximum absolute atomic E-state index is 11.6. The average Bonchev–Trinajstić information content (AvgIpc) is 3.39. The monoisotopic (exact) mass is 516 g/mol. The van der Waals surface area contributed by atoms with Gasteiger partial charge in [-0.1, -0.05) is 49.7 Å². The van der Waals surface area contributed by atoms with E-state index in [-0.39, 0.29) is 11.7 Å². The van der Waals surface area contributed by atoms with E-state index in [1.165, 1.54) is 0 Å². The van der Waals surface area contributed by atoms with Crippen LogP contribution in [0.3, 0.4) is 0 Å². The largest absolute Gasteiger partial charge is 0.463 e. The molecule has 1 aromatic carbocycles. The molecule has 0 aliphatic carbocycles. The van der Waals surface area contributed by atoms with Crippen LogP contribution in [0, 0.1) is 6.92 Å². The summed E-state index contributed by atoms with van der Waals surface area (Å²) in [6.07, 6.45) is 6.20. The van der Waals surface area contributed by atoms with Gasteiger partial charge in [0.2, 0.25) is 0 Å². The number of nitrogens with zero attached hydrogens (tertiary/aromatic N) is 3. The Morgan fingerprint density at radius 1 is 1.08 bits per heavy atom. The first kappa shape index (κ1) is 27.7. The molecule has 1 unspecified atom stereocenters. The Balaban J connectivity index is 0.000000319. The third-order valence-electron chi connectivity index (χ3n) is 5.38. The standard InChI is InChI=1S/C21H24N4OS.C8H8O2/c1-4-6-16(12-15(3)26)21-23-13-18(27-21)17-7-5-8-19(24-17)25-20-11-14(2)9-10-22-20;9-7-10-6-8-4-2-1-3-5-8/h5,7-11,13,16H,4,6,12H2,1-3H3,(H,22,24,25);1-5,7H,6H2. The number of ketones is 1. The normalized spacial score (nSPS) is 11.1. The Morgan fingerprint density at radius 3 is 2.59 bits per heavy atom. The average molecular weight is 517 g/mol. The second kappa shape index (κ2) is 14.6. The molecule has 3 heterocycles. The molecule has 192 valence electrons. The van der Waals surface area contributed by atoms with Gasteiger partial charge in [-0.2, -0.15) is 0 Å². The molecule has 4 aromatic rings. The lowest BCUT2D eigenvalue weighted by molar-refractivity contribution is -0.129. The fourth-order valence-electron chi connectivity index (χ4n) is 3.68. The summed E-state index contributed by atoms with van der Waals surface area (Å²) in [5.41, 5.74) is 3.02. The lowest BCUT2D eigenvalue weighted by Gasteiger charge is -2.10. The van der Waals surface area contributed by atoms with Crippen LogP contribution in [0.1, 0.15) is 55.2 Å². The van der Waals surface area contributed by atoms with Gasteiger partial charge in [-0.3, -0.25) is 4.79 Å². The maximum atomic E-state index is 11.6. The number of carbonyl (C=O) groups excluding carboxylic acids is 2. The summed E-state index contributed by atoms with van der Waals surface area (Å²) >= 11 is 1.62. The number of aromatic nitrogens is 3. The van der Waals surface area contributed by atoms with Gasteiger partial charge in [-0.05, 0) is 55.7 Å². The molecular formula is C29H32N4O3S. The van der Waals surface area contributed by atoms with Crippen LogP contribution in [0.5, 0.6) is 0 Å². The van der Waals surface area contributed by atoms with Crippen LogP contribution in [0.2, 0.25) is 0 Å². The van der Waals surface area contributed by atoms with E-state index in [0.29, 0.717) is 19.5 Å². The minimum atomic E-state index is 0.198. The van der Waals surface area contributed by atoms with Crippen molar-refractivity contribution in [2.24, 2.45) is 0 Å². The lowest BCUT2D eigenvalue weighted by Crippen LogP contribution is -2.03. The SMILES string of the molecule is CCCC(CC(C)=O)c1ncc(-c2cccc(Nc3cc(C)ccn3)n2)s1.O=COCc1ccccc1. The van der Waals surface area contributed by atoms with Gasteiger partial charge in [-0.25, -0.2) is 15.0 Å². The number of benzene rings is 1. The minimum absolute atomic E-state index is 0.198. The second-order valence-electron chi connectivity index (χ2n) is 8.60. The third kappa shape index (κ3) is 9.24. The Bertz CT molecular complexity index is 1280. The van der Waals surface area contributed by atoms with Crippen LogP contribution >= 0.6 is 11.3 Å². The van der Waals surface area contributed by atoms with E-state index < -0.39 is 0 Å². The van der Waals surface area contributed by atoms with Gasteiger partial charge < -0.3 is 14.8 Å². The van der Waals surface area contributed by atoms with Crippen molar-refractivity contribution < 1.29 is 14.3 Å². The topological polar surface area (TPSA) is 94.1 Å². The van der Waals surface area contributed by atoms with E-state index in [1.807, 2.05) is 73.8 Å². The number of hydrogen-bond donors (Lipinski definition) is 1. The summed E-state index contributed by atoms with van der Waals surface area (Å²) in [6, 6.07) is 19.4. The number of nitrogens with one attached hydrogen (secondary N) is 1. The fraction of sp³-hybridized carbons (Fsp3) is 0.276. The Labute approximate surface area is 222 Å². The molecule has 0 bridgehead atoms. The van der Waals surface area contributed by atoms with Crippen LogP contribution in [0.25, 0.3) is 10.6 Å². The summed E-state index contributed by atoms with van der Waals surface area (Å²) in [5, 5.41) is 4.26. The first-order chi connectivity index (χ1) is 18.0. The van der Waals surface area contributed by atoms with E-state index in [0.717, 1.165) is 51.2 Å². The molecule has 0 aliphatic heterocycles. The highest BCUT2D eigenvalue weighted by Gasteiger charge is 2.18. The number of hydrogen-bond acceptors (Lipinski definition) is 8. The molecule has 4 rings (SSSR count). The Morgan fingerprint density at radius 2 is 1.89 bits per heavy atom.